The second-order valence-corrected chi connectivity index (χ2v) is 5.48. The van der Waals surface area contributed by atoms with Crippen LogP contribution in [0.3, 0.4) is 0 Å². The molecule has 0 saturated heterocycles. The van der Waals surface area contributed by atoms with E-state index in [0.717, 1.165) is 20.8 Å². The summed E-state index contributed by atoms with van der Waals surface area (Å²) in [5.41, 5.74) is 1.19. The third kappa shape index (κ3) is 2.68. The number of halogens is 1. The highest BCUT2D eigenvalue weighted by molar-refractivity contribution is 9.10. The van der Waals surface area contributed by atoms with Crippen molar-refractivity contribution in [1.82, 2.24) is 4.98 Å². The first-order chi connectivity index (χ1) is 10.2. The van der Waals surface area contributed by atoms with Crippen molar-refractivity contribution >= 4 is 37.6 Å². The second kappa shape index (κ2) is 5.89. The zero-order valence-electron chi connectivity index (χ0n) is 11.3. The van der Waals surface area contributed by atoms with Crippen LogP contribution in [0.5, 0.6) is 0 Å². The normalized spacial score (nSPS) is 11.1. The van der Waals surface area contributed by atoms with Gasteiger partial charge in [0.05, 0.1) is 7.11 Å². The van der Waals surface area contributed by atoms with Gasteiger partial charge >= 0.3 is 0 Å². The van der Waals surface area contributed by atoms with E-state index >= 15 is 0 Å². The molecule has 0 radical (unpaired) electrons. The molecule has 106 valence electrons. The van der Waals surface area contributed by atoms with Crippen molar-refractivity contribution in [2.24, 2.45) is 0 Å². The first-order valence-corrected chi connectivity index (χ1v) is 7.16. The highest BCUT2D eigenvalue weighted by Crippen LogP contribution is 2.22. The molecule has 0 N–H and O–H groups in total. The number of pyridine rings is 1. The van der Waals surface area contributed by atoms with Crippen LogP contribution in [0.2, 0.25) is 0 Å². The number of fused-ring (bicyclic) bond motifs is 2. The molecule has 0 aliphatic carbocycles. The Kier molecular flexibility index (Phi) is 3.96. The van der Waals surface area contributed by atoms with Gasteiger partial charge in [-0.15, -0.1) is 0 Å². The molecular formula is C16H12BrNO3. The summed E-state index contributed by atoms with van der Waals surface area (Å²) in [5.74, 6) is 0. The van der Waals surface area contributed by atoms with Crippen molar-refractivity contribution in [1.29, 1.82) is 0 Å². The summed E-state index contributed by atoms with van der Waals surface area (Å²) < 4.78 is 0.809. The summed E-state index contributed by atoms with van der Waals surface area (Å²) in [7, 11) is 1.45. The molecule has 4 nitrogen and oxygen atoms in total. The average Bonchev–Trinajstić information content (AvgIpc) is 2.61. The van der Waals surface area contributed by atoms with Crippen LogP contribution in [0.1, 0.15) is 5.56 Å². The van der Waals surface area contributed by atoms with Gasteiger partial charge in [0.2, 0.25) is 5.43 Å². The molecule has 0 atom stereocenters. The van der Waals surface area contributed by atoms with Gasteiger partial charge in [-0.3, -0.25) is 9.78 Å². The fraction of sp³-hybridized carbons (Fsp3) is 0.125. The highest BCUT2D eigenvalue weighted by Gasteiger charge is 2.09. The van der Waals surface area contributed by atoms with E-state index in [-0.39, 0.29) is 12.0 Å². The highest BCUT2D eigenvalue weighted by atomic mass is 79.9. The molecule has 1 aromatic heterocycles. The standard InChI is InChI=1S/C16H12BrNO3/c1-20-21-9-11-6-10-4-2-3-5-13(10)16(19)15-14(11)7-12(17)8-18-15/h2-8H,9H2,1H3. The van der Waals surface area contributed by atoms with Crippen molar-refractivity contribution in [2.45, 2.75) is 6.61 Å². The number of aromatic nitrogens is 1. The monoisotopic (exact) mass is 345 g/mol. The third-order valence-electron chi connectivity index (χ3n) is 3.28. The predicted molar refractivity (Wildman–Crippen MR) is 85.0 cm³/mol. The lowest BCUT2D eigenvalue weighted by atomic mass is 10.1. The smallest absolute Gasteiger partial charge is 0.212 e. The Hall–Kier alpha value is -1.82. The van der Waals surface area contributed by atoms with Crippen LogP contribution >= 0.6 is 15.9 Å². The molecule has 0 unspecified atom stereocenters. The molecule has 3 aromatic rings. The van der Waals surface area contributed by atoms with E-state index in [1.165, 1.54) is 7.11 Å². The summed E-state index contributed by atoms with van der Waals surface area (Å²) >= 11 is 3.39. The minimum Gasteiger partial charge on any atom is -0.287 e. The average molecular weight is 346 g/mol. The van der Waals surface area contributed by atoms with Gasteiger partial charge in [0, 0.05) is 21.4 Å². The fourth-order valence-electron chi connectivity index (χ4n) is 2.33. The van der Waals surface area contributed by atoms with Gasteiger partial charge in [-0.05, 0) is 39.0 Å². The Morgan fingerprint density at radius 3 is 2.81 bits per heavy atom. The summed E-state index contributed by atoms with van der Waals surface area (Å²) in [4.78, 5) is 26.7. The number of benzene rings is 1. The first kappa shape index (κ1) is 14.1. The number of nitrogens with zero attached hydrogens (tertiary/aromatic N) is 1. The number of rotatable bonds is 3. The van der Waals surface area contributed by atoms with Crippen LogP contribution in [0, 0.1) is 0 Å². The maximum Gasteiger partial charge on any atom is 0.212 e. The molecule has 0 spiro atoms. The Morgan fingerprint density at radius 2 is 2.00 bits per heavy atom. The minimum absolute atomic E-state index is 0.0863. The van der Waals surface area contributed by atoms with E-state index in [9.17, 15) is 4.79 Å². The van der Waals surface area contributed by atoms with E-state index in [4.69, 9.17) is 4.89 Å². The lowest BCUT2D eigenvalue weighted by Gasteiger charge is -2.02. The molecule has 2 aromatic carbocycles. The molecule has 0 aliphatic rings. The van der Waals surface area contributed by atoms with Crippen LogP contribution in [0.15, 0.2) is 51.9 Å². The van der Waals surface area contributed by atoms with Crippen LogP contribution < -0.4 is 5.43 Å². The lowest BCUT2D eigenvalue weighted by molar-refractivity contribution is -0.281. The molecule has 21 heavy (non-hydrogen) atoms. The molecule has 0 amide bonds. The number of hydrogen-bond donors (Lipinski definition) is 0. The van der Waals surface area contributed by atoms with E-state index in [2.05, 4.69) is 25.8 Å². The zero-order valence-corrected chi connectivity index (χ0v) is 12.9. The molecule has 0 bridgehead atoms. The minimum atomic E-state index is -0.0863. The first-order valence-electron chi connectivity index (χ1n) is 6.36. The van der Waals surface area contributed by atoms with Crippen molar-refractivity contribution in [3.63, 3.8) is 0 Å². The maximum absolute atomic E-state index is 12.7. The summed E-state index contributed by atoms with van der Waals surface area (Å²) in [5, 5.41) is 2.25. The largest absolute Gasteiger partial charge is 0.287 e. The summed E-state index contributed by atoms with van der Waals surface area (Å²) in [6.07, 6.45) is 1.62. The molecular weight excluding hydrogens is 334 g/mol. The van der Waals surface area contributed by atoms with Gasteiger partial charge in [0.1, 0.15) is 12.1 Å². The van der Waals surface area contributed by atoms with Crippen molar-refractivity contribution in [3.8, 4) is 0 Å². The summed E-state index contributed by atoms with van der Waals surface area (Å²) in [6.45, 7) is 0.239. The van der Waals surface area contributed by atoms with Crippen molar-refractivity contribution < 1.29 is 9.78 Å². The zero-order chi connectivity index (χ0) is 14.8. The van der Waals surface area contributed by atoms with Crippen LogP contribution in [0.25, 0.3) is 21.7 Å². The molecule has 0 aliphatic heterocycles. The van der Waals surface area contributed by atoms with Crippen molar-refractivity contribution in [3.05, 3.63) is 62.9 Å². The second-order valence-electron chi connectivity index (χ2n) is 4.56. The van der Waals surface area contributed by atoms with Gasteiger partial charge < -0.3 is 0 Å². The molecule has 0 saturated carbocycles. The molecule has 5 heteroatoms. The van der Waals surface area contributed by atoms with Crippen LogP contribution in [-0.4, -0.2) is 12.1 Å². The van der Waals surface area contributed by atoms with Crippen LogP contribution in [0.4, 0.5) is 0 Å². The Morgan fingerprint density at radius 1 is 1.19 bits per heavy atom. The predicted octanol–water partition coefficient (Wildman–Crippen LogP) is 3.59. The van der Waals surface area contributed by atoms with Gasteiger partial charge in [0.25, 0.3) is 0 Å². The van der Waals surface area contributed by atoms with Gasteiger partial charge in [0.15, 0.2) is 0 Å². The quantitative estimate of drug-likeness (QED) is 0.537. The molecule has 3 rings (SSSR count). The molecule has 0 fully saturated rings. The van der Waals surface area contributed by atoms with Gasteiger partial charge in [-0.1, -0.05) is 24.3 Å². The van der Waals surface area contributed by atoms with E-state index in [0.29, 0.717) is 10.9 Å². The Bertz CT molecular complexity index is 880. The lowest BCUT2D eigenvalue weighted by Crippen LogP contribution is -2.01. The van der Waals surface area contributed by atoms with Gasteiger partial charge in [-0.2, -0.15) is 0 Å². The Balaban J connectivity index is 2.48. The molecule has 1 heterocycles. The SMILES string of the molecule is COOCc1cc2ccccc2c(=O)c2ncc(Br)cc12. The van der Waals surface area contributed by atoms with E-state index in [1.54, 1.807) is 6.20 Å². The van der Waals surface area contributed by atoms with E-state index in [1.807, 2.05) is 36.4 Å². The maximum atomic E-state index is 12.7. The van der Waals surface area contributed by atoms with Crippen molar-refractivity contribution in [2.75, 3.05) is 7.11 Å². The third-order valence-corrected chi connectivity index (χ3v) is 3.72. The Labute approximate surface area is 129 Å². The number of hydrogen-bond acceptors (Lipinski definition) is 4. The van der Waals surface area contributed by atoms with E-state index < -0.39 is 0 Å². The van der Waals surface area contributed by atoms with Gasteiger partial charge in [-0.25, -0.2) is 9.78 Å². The summed E-state index contributed by atoms with van der Waals surface area (Å²) in [6, 6.07) is 11.3. The topological polar surface area (TPSA) is 48.4 Å². The fourth-order valence-corrected chi connectivity index (χ4v) is 2.66. The van der Waals surface area contributed by atoms with Crippen LogP contribution in [-0.2, 0) is 16.4 Å².